The minimum Gasteiger partial charge on any atom is -0.481 e. The number of fused-ring (bicyclic) bond motifs is 1. The Morgan fingerprint density at radius 1 is 1.19 bits per heavy atom. The van der Waals surface area contributed by atoms with Crippen LogP contribution in [-0.4, -0.2) is 59.7 Å². The maximum Gasteiger partial charge on any atom is 0.311 e. The number of carboxylic acid groups (broad SMARTS) is 1. The first-order chi connectivity index (χ1) is 12.6. The fraction of sp³-hybridized carbons (Fsp3) is 0.579. The summed E-state index contributed by atoms with van der Waals surface area (Å²) in [4.78, 5) is 26.5. The van der Waals surface area contributed by atoms with Crippen LogP contribution in [-0.2, 0) is 9.53 Å². The van der Waals surface area contributed by atoms with E-state index in [0.717, 1.165) is 0 Å². The molecule has 4 rings (SSSR count). The third-order valence-corrected chi connectivity index (χ3v) is 8.69. The maximum atomic E-state index is 12.9. The fourth-order valence-electron chi connectivity index (χ4n) is 4.10. The molecule has 0 aromatic heterocycles. The summed E-state index contributed by atoms with van der Waals surface area (Å²) in [6, 6.07) is 7.86. The van der Waals surface area contributed by atoms with E-state index >= 15 is 0 Å². The molecule has 2 atom stereocenters. The van der Waals surface area contributed by atoms with E-state index in [4.69, 9.17) is 4.74 Å². The monoisotopic (exact) mass is 393 g/mol. The van der Waals surface area contributed by atoms with Crippen molar-refractivity contribution >= 4 is 35.4 Å². The van der Waals surface area contributed by atoms with Crippen LogP contribution in [0.3, 0.4) is 0 Å². The number of nitrogens with zero attached hydrogens (tertiary/aromatic N) is 1. The summed E-state index contributed by atoms with van der Waals surface area (Å²) < 4.78 is 5.92. The largest absolute Gasteiger partial charge is 0.481 e. The lowest BCUT2D eigenvalue weighted by Gasteiger charge is -2.33. The molecular weight excluding hydrogens is 370 g/mol. The van der Waals surface area contributed by atoms with Gasteiger partial charge in [0, 0.05) is 31.2 Å². The Morgan fingerprint density at radius 3 is 2.58 bits per heavy atom. The minimum absolute atomic E-state index is 0.0736. The molecule has 26 heavy (non-hydrogen) atoms. The van der Waals surface area contributed by atoms with E-state index in [2.05, 4.69) is 0 Å². The number of likely N-dealkylation sites (tertiary alicyclic amines) is 1. The molecule has 0 bridgehead atoms. The normalized spacial score (nSPS) is 29.4. The number of hydrogen-bond acceptors (Lipinski definition) is 5. The lowest BCUT2D eigenvalue weighted by atomic mass is 9.74. The minimum atomic E-state index is -0.844. The second-order valence-corrected chi connectivity index (χ2v) is 9.94. The number of aliphatic carboxylic acids is 1. The Labute approximate surface area is 161 Å². The van der Waals surface area contributed by atoms with E-state index < -0.39 is 11.4 Å². The van der Waals surface area contributed by atoms with Gasteiger partial charge in [0.25, 0.3) is 5.91 Å². The molecule has 3 aliphatic heterocycles. The molecule has 0 unspecified atom stereocenters. The molecule has 3 heterocycles. The smallest absolute Gasteiger partial charge is 0.311 e. The van der Waals surface area contributed by atoms with Crippen molar-refractivity contribution in [3.63, 3.8) is 0 Å². The zero-order valence-electron chi connectivity index (χ0n) is 14.6. The van der Waals surface area contributed by atoms with Crippen molar-refractivity contribution in [1.82, 2.24) is 4.90 Å². The highest BCUT2D eigenvalue weighted by Crippen LogP contribution is 2.44. The molecule has 0 radical (unpaired) electrons. The van der Waals surface area contributed by atoms with Crippen molar-refractivity contribution in [1.29, 1.82) is 0 Å². The van der Waals surface area contributed by atoms with E-state index in [1.54, 1.807) is 4.90 Å². The number of benzene rings is 1. The third-order valence-electron chi connectivity index (χ3n) is 5.68. The molecule has 1 aromatic carbocycles. The standard InChI is InChI=1S/C19H23NO4S2/c21-16(13-2-4-14(5-3-13)17-25-8-1-9-26-17)20-10-15-11-24-7-6-19(15,12-20)18(22)23/h2-5,15,17H,1,6-12H2,(H,22,23)/t15-,19+/m0/s1. The number of rotatable bonds is 3. The Hall–Kier alpha value is -1.18. The number of carboxylic acids is 1. The van der Waals surface area contributed by atoms with Crippen molar-refractivity contribution in [3.8, 4) is 0 Å². The quantitative estimate of drug-likeness (QED) is 0.851. The van der Waals surface area contributed by atoms with Gasteiger partial charge >= 0.3 is 5.97 Å². The van der Waals surface area contributed by atoms with Gasteiger partial charge in [-0.05, 0) is 42.0 Å². The molecule has 7 heteroatoms. The van der Waals surface area contributed by atoms with E-state index in [1.165, 1.54) is 23.5 Å². The summed E-state index contributed by atoms with van der Waals surface area (Å²) in [7, 11) is 0. The Balaban J connectivity index is 1.48. The predicted molar refractivity (Wildman–Crippen MR) is 104 cm³/mol. The Bertz CT molecular complexity index is 689. The number of amides is 1. The van der Waals surface area contributed by atoms with E-state index in [9.17, 15) is 14.7 Å². The van der Waals surface area contributed by atoms with E-state index in [1.807, 2.05) is 47.8 Å². The molecule has 0 spiro atoms. The van der Waals surface area contributed by atoms with Crippen LogP contribution in [0.1, 0.15) is 33.3 Å². The zero-order valence-corrected chi connectivity index (χ0v) is 16.2. The molecule has 5 nitrogen and oxygen atoms in total. The molecule has 1 N–H and O–H groups in total. The lowest BCUT2D eigenvalue weighted by Crippen LogP contribution is -2.45. The van der Waals surface area contributed by atoms with Crippen molar-refractivity contribution in [2.45, 2.75) is 17.4 Å². The first kappa shape index (κ1) is 18.2. The summed E-state index contributed by atoms with van der Waals surface area (Å²) in [6.45, 7) is 1.62. The van der Waals surface area contributed by atoms with Gasteiger partial charge in [-0.1, -0.05) is 12.1 Å². The second-order valence-electron chi connectivity index (χ2n) is 7.22. The molecule has 1 amide bonds. The first-order valence-corrected chi connectivity index (χ1v) is 11.1. The van der Waals surface area contributed by atoms with Gasteiger partial charge in [-0.25, -0.2) is 0 Å². The molecule has 3 aliphatic rings. The Morgan fingerprint density at radius 2 is 1.92 bits per heavy atom. The van der Waals surface area contributed by atoms with Gasteiger partial charge in [-0.15, -0.1) is 23.5 Å². The average molecular weight is 394 g/mol. The molecule has 3 fully saturated rings. The zero-order chi connectivity index (χ0) is 18.1. The van der Waals surface area contributed by atoms with Gasteiger partial charge in [0.2, 0.25) is 0 Å². The van der Waals surface area contributed by atoms with Crippen LogP contribution >= 0.6 is 23.5 Å². The van der Waals surface area contributed by atoms with E-state index in [0.29, 0.717) is 36.3 Å². The lowest BCUT2D eigenvalue weighted by molar-refractivity contribution is -0.157. The van der Waals surface area contributed by atoms with Crippen LogP contribution in [0.15, 0.2) is 24.3 Å². The second kappa shape index (κ2) is 7.44. The van der Waals surface area contributed by atoms with Gasteiger partial charge in [-0.3, -0.25) is 9.59 Å². The van der Waals surface area contributed by atoms with Crippen LogP contribution in [0.25, 0.3) is 0 Å². The summed E-state index contributed by atoms with van der Waals surface area (Å²) in [5, 5.41) is 9.75. The molecular formula is C19H23NO4S2. The van der Waals surface area contributed by atoms with Gasteiger partial charge in [0.15, 0.2) is 0 Å². The van der Waals surface area contributed by atoms with Crippen LogP contribution < -0.4 is 0 Å². The topological polar surface area (TPSA) is 66.8 Å². The highest BCUT2D eigenvalue weighted by Gasteiger charge is 2.54. The molecule has 3 saturated heterocycles. The van der Waals surface area contributed by atoms with Crippen LogP contribution in [0, 0.1) is 11.3 Å². The highest BCUT2D eigenvalue weighted by atomic mass is 32.2. The van der Waals surface area contributed by atoms with Crippen molar-refractivity contribution in [2.24, 2.45) is 11.3 Å². The van der Waals surface area contributed by atoms with Crippen molar-refractivity contribution in [3.05, 3.63) is 35.4 Å². The summed E-state index contributed by atoms with van der Waals surface area (Å²) >= 11 is 3.92. The first-order valence-electron chi connectivity index (χ1n) is 9.04. The van der Waals surface area contributed by atoms with Crippen LogP contribution in [0.5, 0.6) is 0 Å². The summed E-state index contributed by atoms with van der Waals surface area (Å²) in [6.07, 6.45) is 1.74. The molecule has 140 valence electrons. The van der Waals surface area contributed by atoms with Gasteiger partial charge in [0.05, 0.1) is 16.6 Å². The molecule has 1 aromatic rings. The number of carbonyl (C=O) groups excluding carboxylic acids is 1. The van der Waals surface area contributed by atoms with Crippen molar-refractivity contribution in [2.75, 3.05) is 37.8 Å². The van der Waals surface area contributed by atoms with Crippen LogP contribution in [0.2, 0.25) is 0 Å². The summed E-state index contributed by atoms with van der Waals surface area (Å²) in [5.74, 6) is 1.38. The molecule has 0 saturated carbocycles. The van der Waals surface area contributed by atoms with Gasteiger partial charge in [-0.2, -0.15) is 0 Å². The Kier molecular flexibility index (Phi) is 5.21. The fourth-order valence-corrected chi connectivity index (χ4v) is 6.99. The van der Waals surface area contributed by atoms with E-state index in [-0.39, 0.29) is 18.4 Å². The van der Waals surface area contributed by atoms with Crippen molar-refractivity contribution < 1.29 is 19.4 Å². The highest BCUT2D eigenvalue weighted by molar-refractivity contribution is 8.16. The van der Waals surface area contributed by atoms with Gasteiger partial charge < -0.3 is 14.7 Å². The predicted octanol–water partition coefficient (Wildman–Crippen LogP) is 3.12. The third kappa shape index (κ3) is 3.25. The summed E-state index contributed by atoms with van der Waals surface area (Å²) in [5.41, 5.74) is 1.05. The number of ether oxygens (including phenoxy) is 1. The van der Waals surface area contributed by atoms with Gasteiger partial charge in [0.1, 0.15) is 0 Å². The number of carbonyl (C=O) groups is 2. The molecule has 0 aliphatic carbocycles. The number of hydrogen-bond donors (Lipinski definition) is 1. The van der Waals surface area contributed by atoms with Crippen LogP contribution in [0.4, 0.5) is 0 Å². The SMILES string of the molecule is O=C(c1ccc(C2SCCCS2)cc1)N1C[C@H]2COCC[C@@]2(C(=O)O)C1. The maximum absolute atomic E-state index is 12.9. The average Bonchev–Trinajstić information content (AvgIpc) is 3.09. The number of thioether (sulfide) groups is 2.